The van der Waals surface area contributed by atoms with Crippen molar-refractivity contribution in [3.63, 3.8) is 0 Å². The molecule has 176 valence electrons. The second-order valence-corrected chi connectivity index (χ2v) is 8.38. The van der Waals surface area contributed by atoms with Gasteiger partial charge in [0, 0.05) is 21.4 Å². The summed E-state index contributed by atoms with van der Waals surface area (Å²) in [5.74, 6) is 0.805. The van der Waals surface area contributed by atoms with Crippen LogP contribution in [-0.4, -0.2) is 12.2 Å². The molecular formula is C27H20Cl2N2O4. The zero-order chi connectivity index (χ0) is 24.6. The predicted molar refractivity (Wildman–Crippen MR) is 138 cm³/mol. The summed E-state index contributed by atoms with van der Waals surface area (Å²) in [6.07, 6.45) is -0.485. The van der Waals surface area contributed by atoms with Crippen molar-refractivity contribution in [1.82, 2.24) is 0 Å². The number of nitrogens with one attached hydrogen (secondary N) is 2. The van der Waals surface area contributed by atoms with Crippen LogP contribution in [0.1, 0.15) is 11.1 Å². The van der Waals surface area contributed by atoms with E-state index in [-0.39, 0.29) is 0 Å². The van der Waals surface area contributed by atoms with Gasteiger partial charge in [0.15, 0.2) is 0 Å². The SMILES string of the molecule is O=C(Nc1ccc(Cc2ccc(NC(=O)Oc3ccc(Cl)cc3)cc2)cc1)Oc1ccc(Cl)cc1. The highest BCUT2D eigenvalue weighted by atomic mass is 35.5. The molecule has 4 aromatic carbocycles. The second-order valence-electron chi connectivity index (χ2n) is 7.51. The Morgan fingerprint density at radius 3 is 1.23 bits per heavy atom. The molecule has 0 aliphatic rings. The summed E-state index contributed by atoms with van der Waals surface area (Å²) in [4.78, 5) is 24.1. The Morgan fingerprint density at radius 2 is 0.886 bits per heavy atom. The fourth-order valence-corrected chi connectivity index (χ4v) is 3.41. The molecule has 8 heteroatoms. The fourth-order valence-electron chi connectivity index (χ4n) is 3.15. The van der Waals surface area contributed by atoms with E-state index in [1.54, 1.807) is 72.8 Å². The summed E-state index contributed by atoms with van der Waals surface area (Å²) < 4.78 is 10.4. The highest BCUT2D eigenvalue weighted by molar-refractivity contribution is 6.30. The minimum Gasteiger partial charge on any atom is -0.410 e. The molecule has 2 N–H and O–H groups in total. The van der Waals surface area contributed by atoms with E-state index in [4.69, 9.17) is 32.7 Å². The second kappa shape index (κ2) is 11.4. The first-order valence-corrected chi connectivity index (χ1v) is 11.4. The lowest BCUT2D eigenvalue weighted by Crippen LogP contribution is -2.16. The Bertz CT molecular complexity index is 1190. The summed E-state index contributed by atoms with van der Waals surface area (Å²) in [5, 5.41) is 6.51. The monoisotopic (exact) mass is 506 g/mol. The van der Waals surface area contributed by atoms with Gasteiger partial charge in [0.2, 0.25) is 0 Å². The Kier molecular flexibility index (Phi) is 7.88. The first-order valence-electron chi connectivity index (χ1n) is 10.6. The van der Waals surface area contributed by atoms with Crippen LogP contribution in [0.25, 0.3) is 0 Å². The van der Waals surface area contributed by atoms with Gasteiger partial charge in [-0.1, -0.05) is 47.5 Å². The van der Waals surface area contributed by atoms with E-state index in [9.17, 15) is 9.59 Å². The van der Waals surface area contributed by atoms with Gasteiger partial charge in [0.25, 0.3) is 0 Å². The van der Waals surface area contributed by atoms with Crippen molar-refractivity contribution in [1.29, 1.82) is 0 Å². The normalized spacial score (nSPS) is 10.3. The van der Waals surface area contributed by atoms with Crippen LogP contribution in [-0.2, 0) is 6.42 Å². The zero-order valence-corrected chi connectivity index (χ0v) is 19.8. The van der Waals surface area contributed by atoms with Gasteiger partial charge < -0.3 is 9.47 Å². The molecule has 0 fully saturated rings. The van der Waals surface area contributed by atoms with Crippen LogP contribution >= 0.6 is 23.2 Å². The Balaban J connectivity index is 1.26. The molecule has 0 spiro atoms. The number of amides is 2. The van der Waals surface area contributed by atoms with E-state index in [1.807, 2.05) is 24.3 Å². The Hall–Kier alpha value is -4.00. The quantitative estimate of drug-likeness (QED) is 0.279. The maximum Gasteiger partial charge on any atom is 0.417 e. The van der Waals surface area contributed by atoms with Crippen LogP contribution in [0.5, 0.6) is 11.5 Å². The summed E-state index contributed by atoms with van der Waals surface area (Å²) in [5.41, 5.74) is 3.35. The molecule has 4 rings (SSSR count). The molecule has 35 heavy (non-hydrogen) atoms. The van der Waals surface area contributed by atoms with Gasteiger partial charge in [0.1, 0.15) is 11.5 Å². The summed E-state index contributed by atoms with van der Waals surface area (Å²) in [6.45, 7) is 0. The van der Waals surface area contributed by atoms with Crippen LogP contribution in [0.4, 0.5) is 21.0 Å². The molecule has 0 bridgehead atoms. The van der Waals surface area contributed by atoms with Crippen LogP contribution in [0.2, 0.25) is 10.0 Å². The molecular weight excluding hydrogens is 487 g/mol. The van der Waals surface area contributed by atoms with E-state index < -0.39 is 12.2 Å². The van der Waals surface area contributed by atoms with Crippen molar-refractivity contribution in [2.24, 2.45) is 0 Å². The first kappa shape index (κ1) is 24.1. The van der Waals surface area contributed by atoms with Crippen LogP contribution in [0, 0.1) is 0 Å². The number of carbonyl (C=O) groups excluding carboxylic acids is 2. The molecule has 2 amide bonds. The molecule has 0 saturated carbocycles. The van der Waals surface area contributed by atoms with Crippen molar-refractivity contribution >= 4 is 46.8 Å². The van der Waals surface area contributed by atoms with E-state index in [1.165, 1.54) is 0 Å². The summed E-state index contributed by atoms with van der Waals surface area (Å²) >= 11 is 11.7. The first-order chi connectivity index (χ1) is 16.9. The van der Waals surface area contributed by atoms with Crippen molar-refractivity contribution in [2.75, 3.05) is 10.6 Å². The summed E-state index contributed by atoms with van der Waals surface area (Å²) in [7, 11) is 0. The highest BCUT2D eigenvalue weighted by Crippen LogP contribution is 2.19. The number of hydrogen-bond donors (Lipinski definition) is 2. The highest BCUT2D eigenvalue weighted by Gasteiger charge is 2.07. The average molecular weight is 507 g/mol. The smallest absolute Gasteiger partial charge is 0.410 e. The molecule has 0 aliphatic carbocycles. The van der Waals surface area contributed by atoms with E-state index in [0.29, 0.717) is 39.3 Å². The standard InChI is InChI=1S/C27H20Cl2N2O4/c28-20-5-13-24(14-6-20)34-26(32)30-22-9-1-18(2-10-22)17-19-3-11-23(12-4-19)31-27(33)35-25-15-7-21(29)8-16-25/h1-16H,17H2,(H,30,32)(H,31,33). The maximum absolute atomic E-state index is 12.1. The third-order valence-electron chi connectivity index (χ3n) is 4.86. The maximum atomic E-state index is 12.1. The molecule has 6 nitrogen and oxygen atoms in total. The lowest BCUT2D eigenvalue weighted by atomic mass is 10.0. The summed E-state index contributed by atoms with van der Waals surface area (Å²) in [6, 6.07) is 28.0. The van der Waals surface area contributed by atoms with Crippen molar-refractivity contribution in [3.8, 4) is 11.5 Å². The van der Waals surface area contributed by atoms with Gasteiger partial charge in [-0.15, -0.1) is 0 Å². The number of benzene rings is 4. The Labute approximate surface area is 212 Å². The van der Waals surface area contributed by atoms with Gasteiger partial charge in [-0.25, -0.2) is 9.59 Å². The molecule has 0 unspecified atom stereocenters. The van der Waals surface area contributed by atoms with Gasteiger partial charge in [-0.05, 0) is 90.3 Å². The number of rotatable bonds is 6. The number of anilines is 2. The molecule has 0 aliphatic heterocycles. The Morgan fingerprint density at radius 1 is 0.543 bits per heavy atom. The van der Waals surface area contributed by atoms with Gasteiger partial charge in [-0.3, -0.25) is 10.6 Å². The number of hydrogen-bond acceptors (Lipinski definition) is 4. The molecule has 0 saturated heterocycles. The lowest BCUT2D eigenvalue weighted by molar-refractivity contribution is 0.214. The number of ether oxygens (including phenoxy) is 2. The largest absolute Gasteiger partial charge is 0.417 e. The van der Waals surface area contributed by atoms with E-state index in [2.05, 4.69) is 10.6 Å². The fraction of sp³-hybridized carbons (Fsp3) is 0.0370. The van der Waals surface area contributed by atoms with Crippen molar-refractivity contribution in [3.05, 3.63) is 118 Å². The topological polar surface area (TPSA) is 76.7 Å². The molecule has 0 aromatic heterocycles. The van der Waals surface area contributed by atoms with Crippen LogP contribution in [0.3, 0.4) is 0 Å². The van der Waals surface area contributed by atoms with Crippen LogP contribution < -0.4 is 20.1 Å². The third-order valence-corrected chi connectivity index (χ3v) is 5.36. The zero-order valence-electron chi connectivity index (χ0n) is 18.3. The third kappa shape index (κ3) is 7.50. The minimum atomic E-state index is -0.585. The average Bonchev–Trinajstić information content (AvgIpc) is 2.84. The van der Waals surface area contributed by atoms with Gasteiger partial charge in [0.05, 0.1) is 0 Å². The lowest BCUT2D eigenvalue weighted by Gasteiger charge is -2.09. The van der Waals surface area contributed by atoms with Gasteiger partial charge >= 0.3 is 12.2 Å². The molecule has 0 heterocycles. The van der Waals surface area contributed by atoms with Crippen LogP contribution in [0.15, 0.2) is 97.1 Å². The van der Waals surface area contributed by atoms with Gasteiger partial charge in [-0.2, -0.15) is 0 Å². The van der Waals surface area contributed by atoms with E-state index in [0.717, 1.165) is 11.1 Å². The number of carbonyl (C=O) groups is 2. The van der Waals surface area contributed by atoms with E-state index >= 15 is 0 Å². The van der Waals surface area contributed by atoms with Crippen molar-refractivity contribution in [2.45, 2.75) is 6.42 Å². The minimum absolute atomic E-state index is 0.402. The number of halogens is 2. The predicted octanol–water partition coefficient (Wildman–Crippen LogP) is 7.81. The molecule has 0 radical (unpaired) electrons. The molecule has 0 atom stereocenters. The van der Waals surface area contributed by atoms with Crippen molar-refractivity contribution < 1.29 is 19.1 Å². The molecule has 4 aromatic rings.